The third-order valence-corrected chi connectivity index (χ3v) is 4.24. The minimum Gasteiger partial charge on any atom is -0.490 e. The second-order valence-corrected chi connectivity index (χ2v) is 6.78. The lowest BCUT2D eigenvalue weighted by Crippen LogP contribution is -2.27. The average molecular weight is 452 g/mol. The summed E-state index contributed by atoms with van der Waals surface area (Å²) in [7, 11) is 3.31. The molecule has 2 rings (SSSR count). The van der Waals surface area contributed by atoms with Crippen LogP contribution in [0.1, 0.15) is 28.6 Å². The molecule has 150 valence electrons. The highest BCUT2D eigenvalue weighted by Gasteiger charge is 2.15. The van der Waals surface area contributed by atoms with Crippen molar-refractivity contribution in [1.29, 1.82) is 0 Å². The topological polar surface area (TPSA) is 93.4 Å². The molecule has 0 saturated heterocycles. The highest BCUT2D eigenvalue weighted by molar-refractivity contribution is 9.10. The van der Waals surface area contributed by atoms with Crippen LogP contribution in [0, 0.1) is 6.92 Å². The van der Waals surface area contributed by atoms with Gasteiger partial charge in [-0.05, 0) is 53.5 Å². The van der Waals surface area contributed by atoms with E-state index >= 15 is 0 Å². The van der Waals surface area contributed by atoms with Crippen LogP contribution < -0.4 is 14.9 Å². The number of aryl methyl sites for hydroxylation is 1. The molecular weight excluding hydrogens is 430 g/mol. The summed E-state index contributed by atoms with van der Waals surface area (Å²) in [6.45, 7) is 3.85. The van der Waals surface area contributed by atoms with Crippen LogP contribution in [-0.2, 0) is 4.79 Å². The summed E-state index contributed by atoms with van der Waals surface area (Å²) < 4.78 is 16.9. The quantitative estimate of drug-likeness (QED) is 0.491. The van der Waals surface area contributed by atoms with E-state index in [1.807, 2.05) is 6.92 Å². The second kappa shape index (κ2) is 9.93. The van der Waals surface area contributed by atoms with E-state index in [1.165, 1.54) is 17.4 Å². The van der Waals surface area contributed by atoms with Crippen molar-refractivity contribution in [3.8, 4) is 11.5 Å². The van der Waals surface area contributed by atoms with Gasteiger partial charge in [0.05, 0.1) is 29.1 Å². The Balaban J connectivity index is 2.13. The van der Waals surface area contributed by atoms with E-state index in [2.05, 4.69) is 26.5 Å². The Hall–Kier alpha value is -2.81. The predicted octanol–water partition coefficient (Wildman–Crippen LogP) is 2.98. The summed E-state index contributed by atoms with van der Waals surface area (Å²) in [4.78, 5) is 25.2. The van der Waals surface area contributed by atoms with Crippen molar-refractivity contribution in [3.63, 3.8) is 0 Å². The van der Waals surface area contributed by atoms with Crippen LogP contribution in [0.2, 0.25) is 0 Å². The summed E-state index contributed by atoms with van der Waals surface area (Å²) in [6.07, 6.45) is 2.93. The number of benzene rings is 1. The maximum absolute atomic E-state index is 12.0. The molecule has 0 aliphatic heterocycles. The number of nitrogens with one attached hydrogen (secondary N) is 1. The number of carbonyl (C=O) groups excluding carboxylic acids is 2. The first-order valence-corrected chi connectivity index (χ1v) is 9.29. The molecule has 8 nitrogen and oxygen atoms in total. The smallest absolute Gasteiger partial charge is 0.274 e. The molecule has 1 heterocycles. The Bertz CT molecular complexity index is 876. The molecule has 9 heteroatoms. The number of hydrogen-bond donors (Lipinski definition) is 1. The fourth-order valence-electron chi connectivity index (χ4n) is 2.17. The van der Waals surface area contributed by atoms with Crippen LogP contribution in [0.4, 0.5) is 0 Å². The summed E-state index contributed by atoms with van der Waals surface area (Å²) >= 11 is 3.43. The molecule has 2 amide bonds. The molecule has 0 fully saturated rings. The van der Waals surface area contributed by atoms with Crippen LogP contribution in [0.3, 0.4) is 0 Å². The van der Waals surface area contributed by atoms with Crippen LogP contribution in [-0.4, -0.2) is 50.2 Å². The van der Waals surface area contributed by atoms with E-state index in [0.29, 0.717) is 39.5 Å². The predicted molar refractivity (Wildman–Crippen MR) is 108 cm³/mol. The molecule has 0 radical (unpaired) electrons. The van der Waals surface area contributed by atoms with Crippen LogP contribution in [0.15, 0.2) is 38.5 Å². The van der Waals surface area contributed by atoms with Gasteiger partial charge in [0.15, 0.2) is 18.1 Å². The van der Waals surface area contributed by atoms with Gasteiger partial charge in [0.2, 0.25) is 0 Å². The molecule has 1 N–H and O–H groups in total. The molecule has 0 bridgehead atoms. The molecule has 0 saturated carbocycles. The van der Waals surface area contributed by atoms with Crippen molar-refractivity contribution in [2.24, 2.45) is 5.10 Å². The van der Waals surface area contributed by atoms with Gasteiger partial charge in [-0.15, -0.1) is 0 Å². The minimum absolute atomic E-state index is 0.112. The number of furan rings is 1. The highest BCUT2D eigenvalue weighted by Crippen LogP contribution is 2.36. The lowest BCUT2D eigenvalue weighted by molar-refractivity contribution is -0.130. The number of carbonyl (C=O) groups is 2. The number of ether oxygens (including phenoxy) is 2. The van der Waals surface area contributed by atoms with Gasteiger partial charge in [0, 0.05) is 14.1 Å². The zero-order chi connectivity index (χ0) is 20.7. The number of hydrazone groups is 1. The maximum Gasteiger partial charge on any atom is 0.274 e. The SMILES string of the molecule is CCOc1cc(/C=N/NC(=O)c2ccoc2C)cc(Br)c1OCC(=O)N(C)C. The Morgan fingerprint density at radius 3 is 2.68 bits per heavy atom. The molecule has 0 unspecified atom stereocenters. The zero-order valence-electron chi connectivity index (χ0n) is 16.1. The standard InChI is InChI=1S/C19H22BrN3O5/c1-5-26-16-9-13(8-15(20)18(16)28-11-17(24)23(3)4)10-21-22-19(25)14-6-7-27-12(14)2/h6-10H,5,11H2,1-4H3,(H,22,25)/b21-10+. The maximum atomic E-state index is 12.0. The van der Waals surface area contributed by atoms with E-state index < -0.39 is 0 Å². The van der Waals surface area contributed by atoms with Crippen LogP contribution in [0.5, 0.6) is 11.5 Å². The first-order chi connectivity index (χ1) is 13.3. The molecule has 1 aromatic carbocycles. The van der Waals surface area contributed by atoms with Gasteiger partial charge >= 0.3 is 0 Å². The average Bonchev–Trinajstić information content (AvgIpc) is 3.07. The molecular formula is C19H22BrN3O5. The van der Waals surface area contributed by atoms with Gasteiger partial charge in [-0.3, -0.25) is 9.59 Å². The van der Waals surface area contributed by atoms with Crippen LogP contribution >= 0.6 is 15.9 Å². The molecule has 0 aliphatic rings. The third kappa shape index (κ3) is 5.59. The Kier molecular flexibility index (Phi) is 7.62. The lowest BCUT2D eigenvalue weighted by atomic mass is 10.2. The van der Waals surface area contributed by atoms with Crippen molar-refractivity contribution in [3.05, 3.63) is 45.8 Å². The van der Waals surface area contributed by atoms with Crippen molar-refractivity contribution in [1.82, 2.24) is 10.3 Å². The Morgan fingerprint density at radius 1 is 1.32 bits per heavy atom. The Labute approximate surface area is 171 Å². The van der Waals surface area contributed by atoms with Gasteiger partial charge in [-0.2, -0.15) is 5.10 Å². The number of nitrogens with zero attached hydrogens (tertiary/aromatic N) is 2. The highest BCUT2D eigenvalue weighted by atomic mass is 79.9. The number of likely N-dealkylation sites (N-methyl/N-ethyl adjacent to an activating group) is 1. The van der Waals surface area contributed by atoms with E-state index in [-0.39, 0.29) is 18.4 Å². The van der Waals surface area contributed by atoms with Gasteiger partial charge < -0.3 is 18.8 Å². The summed E-state index contributed by atoms with van der Waals surface area (Å²) in [5, 5.41) is 3.96. The van der Waals surface area contributed by atoms with E-state index in [1.54, 1.807) is 39.2 Å². The lowest BCUT2D eigenvalue weighted by Gasteiger charge is -2.16. The molecule has 0 atom stereocenters. The first-order valence-electron chi connectivity index (χ1n) is 8.50. The van der Waals surface area contributed by atoms with Crippen LogP contribution in [0.25, 0.3) is 0 Å². The van der Waals surface area contributed by atoms with Crippen molar-refractivity contribution < 1.29 is 23.5 Å². The normalized spacial score (nSPS) is 10.8. The van der Waals surface area contributed by atoms with E-state index in [9.17, 15) is 9.59 Å². The van der Waals surface area contributed by atoms with Gasteiger partial charge in [-0.25, -0.2) is 5.43 Å². The molecule has 28 heavy (non-hydrogen) atoms. The van der Waals surface area contributed by atoms with E-state index in [4.69, 9.17) is 13.9 Å². The monoisotopic (exact) mass is 451 g/mol. The number of halogens is 1. The first kappa shape index (κ1) is 21.5. The molecule has 0 spiro atoms. The van der Waals surface area contributed by atoms with Crippen molar-refractivity contribution in [2.45, 2.75) is 13.8 Å². The van der Waals surface area contributed by atoms with Gasteiger partial charge in [0.1, 0.15) is 5.76 Å². The second-order valence-electron chi connectivity index (χ2n) is 5.93. The number of hydrogen-bond acceptors (Lipinski definition) is 6. The fourth-order valence-corrected chi connectivity index (χ4v) is 2.75. The molecule has 2 aromatic rings. The Morgan fingerprint density at radius 2 is 2.07 bits per heavy atom. The largest absolute Gasteiger partial charge is 0.490 e. The third-order valence-electron chi connectivity index (χ3n) is 3.65. The number of rotatable bonds is 8. The molecule has 1 aromatic heterocycles. The molecule has 0 aliphatic carbocycles. The van der Waals surface area contributed by atoms with Gasteiger partial charge in [-0.1, -0.05) is 0 Å². The summed E-state index contributed by atoms with van der Waals surface area (Å²) in [5.41, 5.74) is 3.54. The number of amides is 2. The van der Waals surface area contributed by atoms with Gasteiger partial charge in [0.25, 0.3) is 11.8 Å². The summed E-state index contributed by atoms with van der Waals surface area (Å²) in [6, 6.07) is 5.03. The minimum atomic E-state index is -0.367. The van der Waals surface area contributed by atoms with Crippen molar-refractivity contribution in [2.75, 3.05) is 27.3 Å². The van der Waals surface area contributed by atoms with Crippen molar-refractivity contribution >= 4 is 34.0 Å². The summed E-state index contributed by atoms with van der Waals surface area (Å²) in [5.74, 6) is 0.864. The fraction of sp³-hybridized carbons (Fsp3) is 0.316. The van der Waals surface area contributed by atoms with E-state index in [0.717, 1.165) is 0 Å². The zero-order valence-corrected chi connectivity index (χ0v) is 17.7.